The van der Waals surface area contributed by atoms with Crippen molar-refractivity contribution in [1.82, 2.24) is 4.98 Å². The number of aryl methyl sites for hydroxylation is 1. The van der Waals surface area contributed by atoms with Crippen LogP contribution in [0.4, 0.5) is 11.4 Å². The van der Waals surface area contributed by atoms with Gasteiger partial charge in [0, 0.05) is 52.0 Å². The predicted octanol–water partition coefficient (Wildman–Crippen LogP) is 4.14. The van der Waals surface area contributed by atoms with Gasteiger partial charge in [-0.05, 0) is 54.7 Å². The molecular weight excluding hydrogens is 374 g/mol. The molecule has 0 spiro atoms. The standard InChI is InChI=1S/C25H29N3O2/c1-4-14-11-18-19(13-21(14)28-9-7-16(29)8-10-28)25(2,3)24-22(23(18)30)17-6-5-15(26)12-20(17)27-24/h5-6,11-13,16,27,29H,4,7-10,26H2,1-3H3. The number of carbonyl (C=O) groups excluding carboxylic acids is 1. The molecule has 2 aliphatic rings. The van der Waals surface area contributed by atoms with E-state index in [-0.39, 0.29) is 17.3 Å². The molecule has 30 heavy (non-hydrogen) atoms. The van der Waals surface area contributed by atoms with Gasteiger partial charge in [-0.2, -0.15) is 0 Å². The predicted molar refractivity (Wildman–Crippen MR) is 122 cm³/mol. The minimum atomic E-state index is -0.331. The van der Waals surface area contributed by atoms with Crippen LogP contribution in [0.5, 0.6) is 0 Å². The molecule has 0 bridgehead atoms. The zero-order chi connectivity index (χ0) is 21.2. The van der Waals surface area contributed by atoms with E-state index in [1.807, 2.05) is 18.2 Å². The average molecular weight is 404 g/mol. The highest BCUT2D eigenvalue weighted by Gasteiger charge is 2.40. The molecule has 5 rings (SSSR count). The smallest absolute Gasteiger partial charge is 0.195 e. The number of aliphatic hydroxyl groups excluding tert-OH is 1. The molecule has 1 aliphatic heterocycles. The highest BCUT2D eigenvalue weighted by Crippen LogP contribution is 2.46. The van der Waals surface area contributed by atoms with E-state index in [4.69, 9.17) is 5.73 Å². The Hall–Kier alpha value is -2.79. The lowest BCUT2D eigenvalue weighted by molar-refractivity contribution is 0.103. The fourth-order valence-corrected chi connectivity index (χ4v) is 5.21. The lowest BCUT2D eigenvalue weighted by Gasteiger charge is -2.37. The molecule has 4 N–H and O–H groups in total. The molecule has 0 atom stereocenters. The van der Waals surface area contributed by atoms with Gasteiger partial charge in [-0.1, -0.05) is 26.8 Å². The van der Waals surface area contributed by atoms with E-state index in [9.17, 15) is 9.90 Å². The van der Waals surface area contributed by atoms with Crippen LogP contribution in [0, 0.1) is 0 Å². The van der Waals surface area contributed by atoms with Gasteiger partial charge in [0.2, 0.25) is 0 Å². The summed E-state index contributed by atoms with van der Waals surface area (Å²) in [6.45, 7) is 8.20. The molecule has 0 amide bonds. The number of hydrogen-bond donors (Lipinski definition) is 3. The molecule has 0 radical (unpaired) electrons. The molecule has 0 saturated carbocycles. The number of aromatic nitrogens is 1. The van der Waals surface area contributed by atoms with Crippen molar-refractivity contribution in [1.29, 1.82) is 0 Å². The Morgan fingerprint density at radius 1 is 1.20 bits per heavy atom. The third kappa shape index (κ3) is 2.68. The molecule has 5 nitrogen and oxygen atoms in total. The molecule has 0 unspecified atom stereocenters. The van der Waals surface area contributed by atoms with Crippen LogP contribution >= 0.6 is 0 Å². The fourth-order valence-electron chi connectivity index (χ4n) is 5.21. The number of carbonyl (C=O) groups is 1. The zero-order valence-corrected chi connectivity index (χ0v) is 17.9. The van der Waals surface area contributed by atoms with Crippen LogP contribution in [0.1, 0.15) is 66.4 Å². The van der Waals surface area contributed by atoms with Gasteiger partial charge in [0.05, 0.1) is 11.7 Å². The number of hydrogen-bond acceptors (Lipinski definition) is 4. The molecule has 1 aliphatic carbocycles. The van der Waals surface area contributed by atoms with Gasteiger partial charge in [0.25, 0.3) is 0 Å². The van der Waals surface area contributed by atoms with E-state index in [0.717, 1.165) is 65.6 Å². The number of H-pyrrole nitrogens is 1. The van der Waals surface area contributed by atoms with E-state index in [0.29, 0.717) is 5.69 Å². The summed E-state index contributed by atoms with van der Waals surface area (Å²) in [6.07, 6.45) is 2.24. The second-order valence-electron chi connectivity index (χ2n) is 9.23. The summed E-state index contributed by atoms with van der Waals surface area (Å²) >= 11 is 0. The highest BCUT2D eigenvalue weighted by molar-refractivity contribution is 6.20. The minimum Gasteiger partial charge on any atom is -0.399 e. The van der Waals surface area contributed by atoms with Gasteiger partial charge in [-0.15, -0.1) is 0 Å². The molecular formula is C25H29N3O2. The number of ketones is 1. The number of aromatic amines is 1. The highest BCUT2D eigenvalue weighted by atomic mass is 16.3. The van der Waals surface area contributed by atoms with Crippen molar-refractivity contribution in [2.24, 2.45) is 0 Å². The summed E-state index contributed by atoms with van der Waals surface area (Å²) in [4.78, 5) is 19.5. The number of nitrogens with zero attached hydrogens (tertiary/aromatic N) is 1. The van der Waals surface area contributed by atoms with Gasteiger partial charge in [0.15, 0.2) is 5.78 Å². The number of benzene rings is 2. The van der Waals surface area contributed by atoms with E-state index >= 15 is 0 Å². The number of nitrogen functional groups attached to an aromatic ring is 1. The number of fused-ring (bicyclic) bond motifs is 4. The van der Waals surface area contributed by atoms with Crippen LogP contribution < -0.4 is 10.6 Å². The van der Waals surface area contributed by atoms with Crippen molar-refractivity contribution in [3.63, 3.8) is 0 Å². The Kier molecular flexibility index (Phi) is 4.23. The third-order valence-corrected chi connectivity index (χ3v) is 7.00. The third-order valence-electron chi connectivity index (χ3n) is 7.00. The van der Waals surface area contributed by atoms with Gasteiger partial charge in [0.1, 0.15) is 0 Å². The second kappa shape index (κ2) is 6.61. The van der Waals surface area contributed by atoms with Crippen molar-refractivity contribution >= 4 is 28.1 Å². The summed E-state index contributed by atoms with van der Waals surface area (Å²) in [5.74, 6) is 0.0886. The van der Waals surface area contributed by atoms with E-state index in [1.54, 1.807) is 0 Å². The first-order valence-electron chi connectivity index (χ1n) is 10.9. The van der Waals surface area contributed by atoms with E-state index in [1.165, 1.54) is 11.3 Å². The van der Waals surface area contributed by atoms with Gasteiger partial charge < -0.3 is 20.7 Å². The largest absolute Gasteiger partial charge is 0.399 e. The van der Waals surface area contributed by atoms with Crippen molar-refractivity contribution in [3.05, 3.63) is 58.3 Å². The number of rotatable bonds is 2. The number of nitrogens with one attached hydrogen (secondary N) is 1. The van der Waals surface area contributed by atoms with Crippen LogP contribution in [0.3, 0.4) is 0 Å². The van der Waals surface area contributed by atoms with Gasteiger partial charge >= 0.3 is 0 Å². The first kappa shape index (κ1) is 19.2. The summed E-state index contributed by atoms with van der Waals surface area (Å²) in [7, 11) is 0. The van der Waals surface area contributed by atoms with Gasteiger partial charge in [-0.3, -0.25) is 4.79 Å². The maximum atomic E-state index is 13.7. The summed E-state index contributed by atoms with van der Waals surface area (Å²) in [5, 5.41) is 10.9. The zero-order valence-electron chi connectivity index (χ0n) is 17.9. The Morgan fingerprint density at radius 2 is 1.93 bits per heavy atom. The van der Waals surface area contributed by atoms with Crippen LogP contribution in [-0.2, 0) is 11.8 Å². The van der Waals surface area contributed by atoms with Crippen molar-refractivity contribution < 1.29 is 9.90 Å². The van der Waals surface area contributed by atoms with Crippen LogP contribution in [0.15, 0.2) is 30.3 Å². The van der Waals surface area contributed by atoms with Crippen molar-refractivity contribution in [3.8, 4) is 0 Å². The summed E-state index contributed by atoms with van der Waals surface area (Å²) < 4.78 is 0. The van der Waals surface area contributed by atoms with E-state index < -0.39 is 0 Å². The summed E-state index contributed by atoms with van der Waals surface area (Å²) in [5.41, 5.74) is 13.3. The monoisotopic (exact) mass is 403 g/mol. The Morgan fingerprint density at radius 3 is 2.63 bits per heavy atom. The Bertz CT molecular complexity index is 1170. The normalized spacial score (nSPS) is 18.5. The summed E-state index contributed by atoms with van der Waals surface area (Å²) in [6, 6.07) is 10.1. The van der Waals surface area contributed by atoms with E-state index in [2.05, 4.69) is 42.8 Å². The van der Waals surface area contributed by atoms with Crippen molar-refractivity contribution in [2.45, 2.75) is 51.6 Å². The number of nitrogens with two attached hydrogens (primary N) is 1. The maximum absolute atomic E-state index is 13.7. The molecule has 2 aromatic carbocycles. The molecule has 1 aromatic heterocycles. The number of anilines is 2. The first-order valence-corrected chi connectivity index (χ1v) is 10.9. The molecule has 2 heterocycles. The quantitative estimate of drug-likeness (QED) is 0.562. The molecule has 1 saturated heterocycles. The second-order valence-corrected chi connectivity index (χ2v) is 9.23. The topological polar surface area (TPSA) is 82.3 Å². The molecule has 1 fully saturated rings. The lowest BCUT2D eigenvalue weighted by atomic mass is 9.70. The van der Waals surface area contributed by atoms with Gasteiger partial charge in [-0.25, -0.2) is 0 Å². The Labute approximate surface area is 176 Å². The van der Waals surface area contributed by atoms with Crippen LogP contribution in [0.25, 0.3) is 10.9 Å². The maximum Gasteiger partial charge on any atom is 0.195 e. The molecule has 5 heteroatoms. The van der Waals surface area contributed by atoms with Crippen LogP contribution in [-0.4, -0.2) is 35.1 Å². The fraction of sp³-hybridized carbons (Fsp3) is 0.400. The average Bonchev–Trinajstić information content (AvgIpc) is 3.12. The SMILES string of the molecule is CCc1cc2c(cc1N1CCC(O)CC1)C(C)(C)c1[nH]c3cc(N)ccc3c1C2=O. The number of piperidine rings is 1. The number of aliphatic hydroxyl groups is 1. The Balaban J connectivity index is 1.70. The van der Waals surface area contributed by atoms with Crippen molar-refractivity contribution in [2.75, 3.05) is 23.7 Å². The minimum absolute atomic E-state index is 0.0886. The molecule has 156 valence electrons. The first-order chi connectivity index (χ1) is 14.3. The van der Waals surface area contributed by atoms with Crippen LogP contribution in [0.2, 0.25) is 0 Å². The lowest BCUT2D eigenvalue weighted by Crippen LogP contribution is -2.37. The molecule has 3 aromatic rings.